The van der Waals surface area contributed by atoms with Gasteiger partial charge in [-0.15, -0.1) is 13.2 Å². The minimum atomic E-state index is -0.112. The Bertz CT molecular complexity index is 848. The maximum absolute atomic E-state index is 13.1. The van der Waals surface area contributed by atoms with Crippen LogP contribution in [0.3, 0.4) is 0 Å². The summed E-state index contributed by atoms with van der Waals surface area (Å²) in [7, 11) is 0. The molecule has 2 aromatic rings. The molecule has 0 unspecified atom stereocenters. The van der Waals surface area contributed by atoms with Crippen LogP contribution >= 0.6 is 11.6 Å². The van der Waals surface area contributed by atoms with E-state index in [2.05, 4.69) is 23.1 Å². The number of aliphatic imine (C=N–C) groups is 1. The number of anilines is 1. The van der Waals surface area contributed by atoms with Crippen molar-refractivity contribution in [1.82, 2.24) is 4.90 Å². The molecule has 132 valence electrons. The standard InChI is InChI=1S/C21H20ClN3O/c1-3-13-24(14-4-2)15-25-19-8-6-5-7-18(19)20(21(25)26)23-17-11-9-16(22)10-12-17/h3-12H,1-2,13-15H2. The second-order valence-corrected chi connectivity index (χ2v) is 6.38. The predicted octanol–water partition coefficient (Wildman–Crippen LogP) is 4.44. The van der Waals surface area contributed by atoms with Crippen LogP contribution in [0.1, 0.15) is 5.56 Å². The monoisotopic (exact) mass is 365 g/mol. The van der Waals surface area contributed by atoms with Gasteiger partial charge in [0.05, 0.1) is 18.0 Å². The number of nitrogens with zero attached hydrogens (tertiary/aromatic N) is 3. The zero-order valence-corrected chi connectivity index (χ0v) is 15.2. The Kier molecular flexibility index (Phi) is 5.66. The first-order valence-electron chi connectivity index (χ1n) is 8.33. The Morgan fingerprint density at radius 3 is 2.35 bits per heavy atom. The van der Waals surface area contributed by atoms with Gasteiger partial charge < -0.3 is 0 Å². The molecule has 2 aromatic carbocycles. The predicted molar refractivity (Wildman–Crippen MR) is 108 cm³/mol. The first-order chi connectivity index (χ1) is 12.6. The Hall–Kier alpha value is -2.69. The van der Waals surface area contributed by atoms with Crippen molar-refractivity contribution in [2.45, 2.75) is 0 Å². The molecule has 3 rings (SSSR count). The molecule has 1 heterocycles. The van der Waals surface area contributed by atoms with E-state index in [1.807, 2.05) is 36.4 Å². The molecule has 0 aromatic heterocycles. The van der Waals surface area contributed by atoms with Gasteiger partial charge in [-0.1, -0.05) is 42.0 Å². The minimum absolute atomic E-state index is 0.112. The molecule has 5 heteroatoms. The molecule has 0 atom stereocenters. The van der Waals surface area contributed by atoms with E-state index in [1.165, 1.54) is 0 Å². The number of benzene rings is 2. The van der Waals surface area contributed by atoms with Crippen LogP contribution in [0.25, 0.3) is 0 Å². The number of fused-ring (bicyclic) bond motifs is 1. The van der Waals surface area contributed by atoms with Crippen molar-refractivity contribution in [2.24, 2.45) is 4.99 Å². The van der Waals surface area contributed by atoms with E-state index >= 15 is 0 Å². The number of carbonyl (C=O) groups is 1. The SMILES string of the molecule is C=CCN(CC=C)CN1C(=O)C(=Nc2ccc(Cl)cc2)c2ccccc21. The molecule has 0 bridgehead atoms. The Morgan fingerprint density at radius 1 is 1.04 bits per heavy atom. The Morgan fingerprint density at radius 2 is 1.69 bits per heavy atom. The summed E-state index contributed by atoms with van der Waals surface area (Å²) >= 11 is 5.93. The fraction of sp³-hybridized carbons (Fsp3) is 0.143. The van der Waals surface area contributed by atoms with E-state index in [0.717, 1.165) is 11.3 Å². The lowest BCUT2D eigenvalue weighted by Gasteiger charge is -2.26. The van der Waals surface area contributed by atoms with Gasteiger partial charge in [-0.05, 0) is 30.3 Å². The van der Waals surface area contributed by atoms with Gasteiger partial charge in [0.25, 0.3) is 5.91 Å². The highest BCUT2D eigenvalue weighted by Crippen LogP contribution is 2.31. The van der Waals surface area contributed by atoms with Crippen LogP contribution in [0.15, 0.2) is 78.8 Å². The molecular weight excluding hydrogens is 346 g/mol. The summed E-state index contributed by atoms with van der Waals surface area (Å²) in [5.41, 5.74) is 2.84. The smallest absolute Gasteiger partial charge is 0.278 e. The highest BCUT2D eigenvalue weighted by Gasteiger charge is 2.34. The maximum atomic E-state index is 13.1. The maximum Gasteiger partial charge on any atom is 0.278 e. The van der Waals surface area contributed by atoms with E-state index < -0.39 is 0 Å². The number of hydrogen-bond acceptors (Lipinski definition) is 3. The van der Waals surface area contributed by atoms with Crippen LogP contribution in [0.2, 0.25) is 5.02 Å². The molecule has 0 spiro atoms. The second kappa shape index (κ2) is 8.13. The topological polar surface area (TPSA) is 35.9 Å². The van der Waals surface area contributed by atoms with Crippen molar-refractivity contribution in [2.75, 3.05) is 24.7 Å². The third kappa shape index (κ3) is 3.77. The van der Waals surface area contributed by atoms with E-state index in [-0.39, 0.29) is 5.91 Å². The molecule has 0 radical (unpaired) electrons. The van der Waals surface area contributed by atoms with E-state index in [9.17, 15) is 4.79 Å². The summed E-state index contributed by atoms with van der Waals surface area (Å²) in [5.74, 6) is -0.112. The third-order valence-electron chi connectivity index (χ3n) is 4.08. The van der Waals surface area contributed by atoms with Crippen LogP contribution in [0, 0.1) is 0 Å². The van der Waals surface area contributed by atoms with Gasteiger partial charge in [0, 0.05) is 23.7 Å². The second-order valence-electron chi connectivity index (χ2n) is 5.94. The van der Waals surface area contributed by atoms with E-state index in [4.69, 9.17) is 11.6 Å². The average molecular weight is 366 g/mol. The molecule has 1 aliphatic heterocycles. The number of hydrogen-bond donors (Lipinski definition) is 0. The van der Waals surface area contributed by atoms with Gasteiger partial charge in [0.1, 0.15) is 5.71 Å². The quantitative estimate of drug-likeness (QED) is 0.680. The van der Waals surface area contributed by atoms with E-state index in [1.54, 1.807) is 29.2 Å². The zero-order chi connectivity index (χ0) is 18.5. The van der Waals surface area contributed by atoms with Crippen molar-refractivity contribution in [3.63, 3.8) is 0 Å². The Labute approximate surface area is 158 Å². The lowest BCUT2D eigenvalue weighted by molar-refractivity contribution is -0.112. The van der Waals surface area contributed by atoms with Crippen LogP contribution in [-0.2, 0) is 4.79 Å². The zero-order valence-electron chi connectivity index (χ0n) is 14.4. The first-order valence-corrected chi connectivity index (χ1v) is 8.71. The van der Waals surface area contributed by atoms with Gasteiger partial charge in [-0.3, -0.25) is 14.6 Å². The number of para-hydroxylation sites is 1. The van der Waals surface area contributed by atoms with Crippen molar-refractivity contribution in [3.05, 3.63) is 84.4 Å². The number of carbonyl (C=O) groups excluding carboxylic acids is 1. The van der Waals surface area contributed by atoms with Crippen LogP contribution < -0.4 is 4.90 Å². The van der Waals surface area contributed by atoms with Gasteiger partial charge in [0.15, 0.2) is 0 Å². The van der Waals surface area contributed by atoms with Crippen LogP contribution in [0.5, 0.6) is 0 Å². The fourth-order valence-corrected chi connectivity index (χ4v) is 3.04. The minimum Gasteiger partial charge on any atom is -0.293 e. The van der Waals surface area contributed by atoms with Crippen LogP contribution in [-0.4, -0.2) is 36.3 Å². The summed E-state index contributed by atoms with van der Waals surface area (Å²) in [6.45, 7) is 9.36. The van der Waals surface area contributed by atoms with Gasteiger partial charge in [-0.2, -0.15) is 0 Å². The normalized spacial score (nSPS) is 14.8. The summed E-state index contributed by atoms with van der Waals surface area (Å²) < 4.78 is 0. The molecule has 0 fully saturated rings. The van der Waals surface area contributed by atoms with Crippen molar-refractivity contribution in [1.29, 1.82) is 0 Å². The molecule has 1 amide bonds. The molecule has 0 saturated heterocycles. The average Bonchev–Trinajstić information content (AvgIpc) is 2.90. The number of halogens is 1. The summed E-state index contributed by atoms with van der Waals surface area (Å²) in [5, 5.41) is 0.637. The lowest BCUT2D eigenvalue weighted by atomic mass is 10.1. The highest BCUT2D eigenvalue weighted by atomic mass is 35.5. The summed E-state index contributed by atoms with van der Waals surface area (Å²) in [6.07, 6.45) is 3.64. The Balaban J connectivity index is 1.96. The molecule has 1 aliphatic rings. The van der Waals surface area contributed by atoms with Gasteiger partial charge in [-0.25, -0.2) is 4.99 Å². The fourth-order valence-electron chi connectivity index (χ4n) is 2.91. The first kappa shape index (κ1) is 18.1. The molecule has 4 nitrogen and oxygen atoms in total. The molecule has 0 saturated carbocycles. The van der Waals surface area contributed by atoms with Gasteiger partial charge >= 0.3 is 0 Å². The van der Waals surface area contributed by atoms with Gasteiger partial charge in [0.2, 0.25) is 0 Å². The summed E-state index contributed by atoms with van der Waals surface area (Å²) in [4.78, 5) is 21.5. The van der Waals surface area contributed by atoms with Crippen molar-refractivity contribution < 1.29 is 4.79 Å². The van der Waals surface area contributed by atoms with E-state index in [0.29, 0.717) is 36.2 Å². The molecule has 26 heavy (non-hydrogen) atoms. The largest absolute Gasteiger partial charge is 0.293 e. The number of amides is 1. The summed E-state index contributed by atoms with van der Waals surface area (Å²) in [6, 6.07) is 14.8. The number of rotatable bonds is 7. The molecule has 0 aliphatic carbocycles. The van der Waals surface area contributed by atoms with Crippen LogP contribution in [0.4, 0.5) is 11.4 Å². The van der Waals surface area contributed by atoms with Crippen molar-refractivity contribution in [3.8, 4) is 0 Å². The van der Waals surface area contributed by atoms with Crippen molar-refractivity contribution >= 4 is 34.6 Å². The lowest BCUT2D eigenvalue weighted by Crippen LogP contribution is -2.41. The third-order valence-corrected chi connectivity index (χ3v) is 4.33. The molecule has 0 N–H and O–H groups in total. The highest BCUT2D eigenvalue weighted by molar-refractivity contribution is 6.54. The molecular formula is C21H20ClN3O.